The second-order valence-electron chi connectivity index (χ2n) is 6.86. The number of nitrogens with one attached hydrogen (secondary N) is 1. The minimum Gasteiger partial charge on any atom is -0.381 e. The average Bonchev–Trinajstić information content (AvgIpc) is 3.15. The molecule has 3 heterocycles. The number of anilines is 1. The summed E-state index contributed by atoms with van der Waals surface area (Å²) in [6.07, 6.45) is 2.43. The molecule has 1 aromatic heterocycles. The first kappa shape index (κ1) is 16.9. The van der Waals surface area contributed by atoms with E-state index in [4.69, 9.17) is 4.74 Å². The van der Waals surface area contributed by atoms with Gasteiger partial charge in [-0.05, 0) is 18.4 Å². The van der Waals surface area contributed by atoms with Crippen LogP contribution in [0.2, 0.25) is 0 Å². The van der Waals surface area contributed by atoms with Crippen LogP contribution < -0.4 is 10.5 Å². The van der Waals surface area contributed by atoms with Crippen molar-refractivity contribution in [3.8, 4) is 0 Å². The minimum atomic E-state index is -0.427. The molecule has 0 amide bonds. The molecule has 1 aromatic carbocycles. The van der Waals surface area contributed by atoms with E-state index in [1.807, 2.05) is 4.90 Å². The van der Waals surface area contributed by atoms with Gasteiger partial charge in [0.1, 0.15) is 5.69 Å². The second-order valence-corrected chi connectivity index (χ2v) is 6.86. The average molecular weight is 359 g/mol. The number of ether oxygens (including phenoxy) is 1. The van der Waals surface area contributed by atoms with Crippen molar-refractivity contribution in [2.45, 2.75) is 6.42 Å². The molecule has 9 nitrogen and oxygen atoms in total. The van der Waals surface area contributed by atoms with Crippen molar-refractivity contribution in [1.29, 1.82) is 0 Å². The van der Waals surface area contributed by atoms with E-state index >= 15 is 0 Å². The maximum absolute atomic E-state index is 11.9. The summed E-state index contributed by atoms with van der Waals surface area (Å²) in [5, 5.41) is 11.8. The van der Waals surface area contributed by atoms with Crippen molar-refractivity contribution in [2.24, 2.45) is 5.92 Å². The summed E-state index contributed by atoms with van der Waals surface area (Å²) in [7, 11) is 0. The number of nitro groups is 1. The number of hydrogen-bond donors (Lipinski definition) is 1. The molecule has 26 heavy (non-hydrogen) atoms. The Bertz CT molecular complexity index is 869. The third-order valence-corrected chi connectivity index (χ3v) is 5.19. The molecule has 1 N–H and O–H groups in total. The van der Waals surface area contributed by atoms with E-state index in [1.165, 1.54) is 12.4 Å². The Balaban J connectivity index is 1.55. The summed E-state index contributed by atoms with van der Waals surface area (Å²) in [4.78, 5) is 34.0. The third-order valence-electron chi connectivity index (χ3n) is 5.19. The Morgan fingerprint density at radius 1 is 1.31 bits per heavy atom. The predicted molar refractivity (Wildman–Crippen MR) is 96.6 cm³/mol. The highest BCUT2D eigenvalue weighted by atomic mass is 16.6. The summed E-state index contributed by atoms with van der Waals surface area (Å²) in [6.45, 7) is 5.83. The minimum absolute atomic E-state index is 0.0476. The number of aromatic amines is 1. The van der Waals surface area contributed by atoms with E-state index in [2.05, 4.69) is 14.9 Å². The number of rotatable bonds is 4. The molecule has 4 rings (SSSR count). The lowest BCUT2D eigenvalue weighted by Crippen LogP contribution is -2.48. The first-order valence-electron chi connectivity index (χ1n) is 8.82. The fraction of sp³-hybridized carbons (Fsp3) is 0.529. The summed E-state index contributed by atoms with van der Waals surface area (Å²) >= 11 is 0. The SMILES string of the molecule is O=c1[nH]cnc2cc(N3CCN(CC4CCOC4)CC3)c([N+](=O)[O-])cc12. The molecular weight excluding hydrogens is 338 g/mol. The highest BCUT2D eigenvalue weighted by molar-refractivity contribution is 5.87. The van der Waals surface area contributed by atoms with Crippen LogP contribution in [0.4, 0.5) is 11.4 Å². The molecule has 1 atom stereocenters. The topological polar surface area (TPSA) is 105 Å². The molecule has 0 bridgehead atoms. The van der Waals surface area contributed by atoms with Gasteiger partial charge in [0.25, 0.3) is 11.2 Å². The number of H-pyrrole nitrogens is 1. The largest absolute Gasteiger partial charge is 0.381 e. The van der Waals surface area contributed by atoms with Gasteiger partial charge < -0.3 is 14.6 Å². The van der Waals surface area contributed by atoms with Crippen molar-refractivity contribution in [1.82, 2.24) is 14.9 Å². The molecule has 9 heteroatoms. The molecule has 0 radical (unpaired) electrons. The smallest absolute Gasteiger partial charge is 0.293 e. The molecule has 2 saturated heterocycles. The zero-order chi connectivity index (χ0) is 18.1. The molecule has 138 valence electrons. The van der Waals surface area contributed by atoms with Crippen LogP contribution in [0.1, 0.15) is 6.42 Å². The summed E-state index contributed by atoms with van der Waals surface area (Å²) in [6, 6.07) is 2.99. The van der Waals surface area contributed by atoms with Crippen molar-refractivity contribution >= 4 is 22.3 Å². The van der Waals surface area contributed by atoms with Gasteiger partial charge in [0.2, 0.25) is 0 Å². The zero-order valence-electron chi connectivity index (χ0n) is 14.4. The van der Waals surface area contributed by atoms with Crippen molar-refractivity contribution in [3.63, 3.8) is 0 Å². The van der Waals surface area contributed by atoms with Gasteiger partial charge in [-0.2, -0.15) is 0 Å². The molecule has 0 aliphatic carbocycles. The molecule has 2 aliphatic rings. The predicted octanol–water partition coefficient (Wildman–Crippen LogP) is 0.990. The van der Waals surface area contributed by atoms with Gasteiger partial charge in [0.05, 0.1) is 28.8 Å². The van der Waals surface area contributed by atoms with Crippen LogP contribution in [0, 0.1) is 16.0 Å². The van der Waals surface area contributed by atoms with E-state index in [9.17, 15) is 14.9 Å². The lowest BCUT2D eigenvalue weighted by Gasteiger charge is -2.36. The van der Waals surface area contributed by atoms with E-state index in [0.29, 0.717) is 30.2 Å². The summed E-state index contributed by atoms with van der Waals surface area (Å²) < 4.78 is 5.43. The van der Waals surface area contributed by atoms with Crippen LogP contribution >= 0.6 is 0 Å². The van der Waals surface area contributed by atoms with Gasteiger partial charge in [0.15, 0.2) is 0 Å². The van der Waals surface area contributed by atoms with Crippen molar-refractivity contribution in [2.75, 3.05) is 50.8 Å². The van der Waals surface area contributed by atoms with Crippen LogP contribution in [0.15, 0.2) is 23.3 Å². The lowest BCUT2D eigenvalue weighted by atomic mass is 10.1. The number of piperazine rings is 1. The highest BCUT2D eigenvalue weighted by Gasteiger charge is 2.27. The fourth-order valence-corrected chi connectivity index (χ4v) is 3.76. The summed E-state index contributed by atoms with van der Waals surface area (Å²) in [5.41, 5.74) is 0.589. The van der Waals surface area contributed by atoms with Crippen LogP contribution in [0.5, 0.6) is 0 Å². The van der Waals surface area contributed by atoms with Crippen LogP contribution in [-0.4, -0.2) is 65.7 Å². The Kier molecular flexibility index (Phi) is 4.56. The van der Waals surface area contributed by atoms with Crippen LogP contribution in [-0.2, 0) is 4.74 Å². The maximum Gasteiger partial charge on any atom is 0.293 e. The van der Waals surface area contributed by atoms with Gasteiger partial charge in [-0.25, -0.2) is 4.98 Å². The monoisotopic (exact) mass is 359 g/mol. The maximum atomic E-state index is 11.9. The van der Waals surface area contributed by atoms with E-state index in [1.54, 1.807) is 6.07 Å². The molecule has 0 saturated carbocycles. The van der Waals surface area contributed by atoms with Gasteiger partial charge in [-0.15, -0.1) is 0 Å². The number of aromatic nitrogens is 2. The summed E-state index contributed by atoms with van der Waals surface area (Å²) in [5.74, 6) is 0.590. The zero-order valence-corrected chi connectivity index (χ0v) is 14.4. The molecule has 2 aliphatic heterocycles. The Labute approximate surface area is 149 Å². The molecule has 0 spiro atoms. The first-order chi connectivity index (χ1) is 12.6. The van der Waals surface area contributed by atoms with E-state index in [-0.39, 0.29) is 16.6 Å². The third kappa shape index (κ3) is 3.27. The lowest BCUT2D eigenvalue weighted by molar-refractivity contribution is -0.384. The number of hydrogen-bond acceptors (Lipinski definition) is 7. The standard InChI is InChI=1S/C17H21N5O4/c23-17-13-7-16(22(24)25)15(8-14(13)18-11-19-17)21-4-2-20(3-5-21)9-12-1-6-26-10-12/h7-8,11-12H,1-6,9-10H2,(H,18,19,23). The Morgan fingerprint density at radius 2 is 2.12 bits per heavy atom. The Hall–Kier alpha value is -2.52. The van der Waals surface area contributed by atoms with E-state index in [0.717, 1.165) is 39.3 Å². The van der Waals surface area contributed by atoms with Crippen LogP contribution in [0.3, 0.4) is 0 Å². The molecule has 2 fully saturated rings. The number of benzene rings is 1. The highest BCUT2D eigenvalue weighted by Crippen LogP contribution is 2.32. The molecular formula is C17H21N5O4. The van der Waals surface area contributed by atoms with Crippen LogP contribution in [0.25, 0.3) is 10.9 Å². The molecule has 2 aromatic rings. The Morgan fingerprint density at radius 3 is 2.81 bits per heavy atom. The quantitative estimate of drug-likeness (QED) is 0.641. The first-order valence-corrected chi connectivity index (χ1v) is 8.82. The van der Waals surface area contributed by atoms with Gasteiger partial charge in [-0.3, -0.25) is 19.8 Å². The van der Waals surface area contributed by atoms with Crippen molar-refractivity contribution < 1.29 is 9.66 Å². The van der Waals surface area contributed by atoms with E-state index < -0.39 is 4.92 Å². The fourth-order valence-electron chi connectivity index (χ4n) is 3.76. The number of nitrogens with zero attached hydrogens (tertiary/aromatic N) is 4. The normalized spacial score (nSPS) is 21.4. The molecule has 1 unspecified atom stereocenters. The van der Waals surface area contributed by atoms with Gasteiger partial charge in [-0.1, -0.05) is 0 Å². The van der Waals surface area contributed by atoms with Crippen molar-refractivity contribution in [3.05, 3.63) is 38.9 Å². The number of fused-ring (bicyclic) bond motifs is 1. The number of nitro benzene ring substituents is 1. The van der Waals surface area contributed by atoms with Gasteiger partial charge >= 0.3 is 0 Å². The van der Waals surface area contributed by atoms with Gasteiger partial charge in [0, 0.05) is 45.4 Å². The second kappa shape index (κ2) is 7.00.